The third-order valence-electron chi connectivity index (χ3n) is 1.39. The highest BCUT2D eigenvalue weighted by Gasteiger charge is 2.16. The average Bonchev–Trinajstić information content (AvgIpc) is 2.09. The molecule has 0 saturated heterocycles. The zero-order chi connectivity index (χ0) is 10.7. The first-order chi connectivity index (χ1) is 6.50. The topological polar surface area (TPSA) is 29.1 Å². The summed E-state index contributed by atoms with van der Waals surface area (Å²) in [6, 6.07) is 3.33. The molecule has 0 aliphatic heterocycles. The Bertz CT molecular complexity index is 356. The van der Waals surface area contributed by atoms with Crippen LogP contribution in [0, 0.1) is 5.82 Å². The van der Waals surface area contributed by atoms with Gasteiger partial charge in [0.1, 0.15) is 5.82 Å². The number of amides is 1. The van der Waals surface area contributed by atoms with Crippen molar-refractivity contribution >= 4 is 27.5 Å². The van der Waals surface area contributed by atoms with Gasteiger partial charge in [0.15, 0.2) is 0 Å². The number of rotatable bonds is 2. The van der Waals surface area contributed by atoms with Crippen molar-refractivity contribution in [2.24, 2.45) is 0 Å². The Balaban J connectivity index is 2.82. The minimum atomic E-state index is -3.09. The minimum Gasteiger partial charge on any atom is -0.320 e. The van der Waals surface area contributed by atoms with E-state index in [1.807, 2.05) is 5.32 Å². The molecule has 0 aliphatic carbocycles. The summed E-state index contributed by atoms with van der Waals surface area (Å²) in [5.74, 6) is -1.94. The average molecular weight is 268 g/mol. The first kappa shape index (κ1) is 11.0. The molecule has 0 bridgehead atoms. The molecule has 1 N–H and O–H groups in total. The summed E-state index contributed by atoms with van der Waals surface area (Å²) < 4.78 is 36.4. The quantitative estimate of drug-likeness (QED) is 0.877. The molecule has 0 atom stereocenters. The Kier molecular flexibility index (Phi) is 3.51. The second kappa shape index (κ2) is 4.45. The molecule has 1 aromatic carbocycles. The maximum absolute atomic E-state index is 12.6. The van der Waals surface area contributed by atoms with Crippen LogP contribution in [-0.4, -0.2) is 12.3 Å². The van der Waals surface area contributed by atoms with Gasteiger partial charge in [-0.05, 0) is 34.1 Å². The van der Waals surface area contributed by atoms with Gasteiger partial charge in [0.25, 0.3) is 5.91 Å². The first-order valence-electron chi connectivity index (χ1n) is 3.55. The molecule has 76 valence electrons. The predicted octanol–water partition coefficient (Wildman–Crippen LogP) is 2.79. The number of carbonyl (C=O) groups is 1. The molecule has 0 aromatic heterocycles. The zero-order valence-electron chi connectivity index (χ0n) is 6.73. The maximum Gasteiger partial charge on any atom is 0.315 e. The Morgan fingerprint density at radius 3 is 2.57 bits per heavy atom. The molecule has 1 rings (SSSR count). The van der Waals surface area contributed by atoms with E-state index < -0.39 is 18.1 Å². The third-order valence-corrected chi connectivity index (χ3v) is 2.04. The van der Waals surface area contributed by atoms with Crippen molar-refractivity contribution in [1.82, 2.24) is 0 Å². The van der Waals surface area contributed by atoms with Gasteiger partial charge in [-0.1, -0.05) is 0 Å². The maximum atomic E-state index is 12.6. The molecule has 0 spiro atoms. The number of halogens is 4. The highest BCUT2D eigenvalue weighted by atomic mass is 79.9. The molecular weight excluding hydrogens is 263 g/mol. The van der Waals surface area contributed by atoms with Crippen molar-refractivity contribution in [3.8, 4) is 0 Å². The summed E-state index contributed by atoms with van der Waals surface area (Å²) >= 11 is 2.93. The Hall–Kier alpha value is -1.04. The molecule has 2 nitrogen and oxygen atoms in total. The van der Waals surface area contributed by atoms with Crippen molar-refractivity contribution in [2.45, 2.75) is 6.43 Å². The van der Waals surface area contributed by atoms with Crippen LogP contribution < -0.4 is 5.32 Å². The molecule has 0 fully saturated rings. The van der Waals surface area contributed by atoms with Crippen LogP contribution in [0.25, 0.3) is 0 Å². The van der Waals surface area contributed by atoms with Crippen LogP contribution in [0.15, 0.2) is 22.7 Å². The van der Waals surface area contributed by atoms with Crippen molar-refractivity contribution in [3.05, 3.63) is 28.5 Å². The normalized spacial score (nSPS) is 10.4. The molecular formula is C8H5BrF3NO. The minimum absolute atomic E-state index is 0.108. The van der Waals surface area contributed by atoms with E-state index in [2.05, 4.69) is 15.9 Å². The summed E-state index contributed by atoms with van der Waals surface area (Å²) in [5, 5.41) is 1.93. The summed E-state index contributed by atoms with van der Waals surface area (Å²) in [7, 11) is 0. The van der Waals surface area contributed by atoms with E-state index in [9.17, 15) is 18.0 Å². The first-order valence-corrected chi connectivity index (χ1v) is 4.34. The summed E-state index contributed by atoms with van der Waals surface area (Å²) in [6.45, 7) is 0. The Morgan fingerprint density at radius 1 is 1.43 bits per heavy atom. The van der Waals surface area contributed by atoms with Crippen molar-refractivity contribution < 1.29 is 18.0 Å². The lowest BCUT2D eigenvalue weighted by molar-refractivity contribution is -0.126. The summed E-state index contributed by atoms with van der Waals surface area (Å²) in [5.41, 5.74) is 0.108. The standard InChI is InChI=1S/C8H5BrF3NO/c9-5-3-4(10)1-2-6(5)13-8(14)7(11)12/h1-3,7H,(H,13,14). The molecule has 6 heteroatoms. The fraction of sp³-hybridized carbons (Fsp3) is 0.125. The van der Waals surface area contributed by atoms with E-state index in [4.69, 9.17) is 0 Å². The van der Waals surface area contributed by atoms with E-state index >= 15 is 0 Å². The number of alkyl halides is 2. The van der Waals surface area contributed by atoms with Crippen LogP contribution in [0.5, 0.6) is 0 Å². The largest absolute Gasteiger partial charge is 0.320 e. The number of hydrogen-bond donors (Lipinski definition) is 1. The van der Waals surface area contributed by atoms with Crippen LogP contribution in [0.1, 0.15) is 0 Å². The number of hydrogen-bond acceptors (Lipinski definition) is 1. The van der Waals surface area contributed by atoms with Gasteiger partial charge < -0.3 is 5.32 Å². The van der Waals surface area contributed by atoms with E-state index in [-0.39, 0.29) is 10.2 Å². The van der Waals surface area contributed by atoms with Gasteiger partial charge >= 0.3 is 6.43 Å². The monoisotopic (exact) mass is 267 g/mol. The van der Waals surface area contributed by atoms with Gasteiger partial charge in [-0.2, -0.15) is 8.78 Å². The van der Waals surface area contributed by atoms with E-state index in [0.717, 1.165) is 12.1 Å². The van der Waals surface area contributed by atoms with Gasteiger partial charge in [0.2, 0.25) is 0 Å². The second-order valence-corrected chi connectivity index (χ2v) is 3.27. The smallest absolute Gasteiger partial charge is 0.315 e. The zero-order valence-corrected chi connectivity index (χ0v) is 8.32. The fourth-order valence-corrected chi connectivity index (χ4v) is 1.23. The van der Waals surface area contributed by atoms with Crippen LogP contribution in [-0.2, 0) is 4.79 Å². The van der Waals surface area contributed by atoms with Gasteiger partial charge in [-0.3, -0.25) is 4.79 Å². The molecule has 1 aromatic rings. The highest BCUT2D eigenvalue weighted by molar-refractivity contribution is 9.10. The molecule has 14 heavy (non-hydrogen) atoms. The van der Waals surface area contributed by atoms with Gasteiger partial charge in [-0.25, -0.2) is 4.39 Å². The molecule has 1 amide bonds. The summed E-state index contributed by atoms with van der Waals surface area (Å²) in [4.78, 5) is 10.6. The van der Waals surface area contributed by atoms with Gasteiger partial charge in [-0.15, -0.1) is 0 Å². The summed E-state index contributed by atoms with van der Waals surface area (Å²) in [6.07, 6.45) is -3.09. The number of benzene rings is 1. The van der Waals surface area contributed by atoms with E-state index in [1.54, 1.807) is 0 Å². The van der Waals surface area contributed by atoms with Crippen molar-refractivity contribution in [1.29, 1.82) is 0 Å². The molecule has 0 unspecified atom stereocenters. The highest BCUT2D eigenvalue weighted by Crippen LogP contribution is 2.23. The van der Waals surface area contributed by atoms with Crippen LogP contribution in [0.4, 0.5) is 18.9 Å². The predicted molar refractivity (Wildman–Crippen MR) is 48.7 cm³/mol. The van der Waals surface area contributed by atoms with Crippen molar-refractivity contribution in [2.75, 3.05) is 5.32 Å². The fourth-order valence-electron chi connectivity index (χ4n) is 0.778. The lowest BCUT2D eigenvalue weighted by Crippen LogP contribution is -2.20. The SMILES string of the molecule is O=C(Nc1ccc(F)cc1Br)C(F)F. The number of carbonyl (C=O) groups excluding carboxylic acids is 1. The lowest BCUT2D eigenvalue weighted by Gasteiger charge is -2.06. The lowest BCUT2D eigenvalue weighted by atomic mass is 10.3. The third kappa shape index (κ3) is 2.73. The van der Waals surface area contributed by atoms with Gasteiger partial charge in [0, 0.05) is 4.47 Å². The van der Waals surface area contributed by atoms with E-state index in [1.165, 1.54) is 6.07 Å². The number of anilines is 1. The van der Waals surface area contributed by atoms with Crippen LogP contribution in [0.3, 0.4) is 0 Å². The molecule has 0 saturated carbocycles. The molecule has 0 aliphatic rings. The Morgan fingerprint density at radius 2 is 2.07 bits per heavy atom. The molecule has 0 heterocycles. The van der Waals surface area contributed by atoms with Crippen LogP contribution >= 0.6 is 15.9 Å². The van der Waals surface area contributed by atoms with E-state index in [0.29, 0.717) is 0 Å². The van der Waals surface area contributed by atoms with Gasteiger partial charge in [0.05, 0.1) is 5.69 Å². The molecule has 0 radical (unpaired) electrons. The Labute approximate surface area is 86.2 Å². The second-order valence-electron chi connectivity index (χ2n) is 2.41. The van der Waals surface area contributed by atoms with Crippen LogP contribution in [0.2, 0.25) is 0 Å². The number of nitrogens with one attached hydrogen (secondary N) is 1. The van der Waals surface area contributed by atoms with Crippen molar-refractivity contribution in [3.63, 3.8) is 0 Å².